The number of hydrogen-bond acceptors (Lipinski definition) is 5. The number of aromatic nitrogens is 5. The highest BCUT2D eigenvalue weighted by Crippen LogP contribution is 2.14. The van der Waals surface area contributed by atoms with E-state index in [2.05, 4.69) is 19.9 Å². The first kappa shape index (κ1) is 11.4. The molecule has 0 spiro atoms. The van der Waals surface area contributed by atoms with Gasteiger partial charge in [0, 0.05) is 6.20 Å². The van der Waals surface area contributed by atoms with Crippen LogP contribution in [-0.4, -0.2) is 24.5 Å². The van der Waals surface area contributed by atoms with Gasteiger partial charge >= 0.3 is 5.69 Å². The summed E-state index contributed by atoms with van der Waals surface area (Å²) in [5.41, 5.74) is 7.25. The van der Waals surface area contributed by atoms with Gasteiger partial charge in [-0.05, 0) is 19.1 Å². The fraction of sp³-hybridized carbons (Fsp3) is 0.167. The summed E-state index contributed by atoms with van der Waals surface area (Å²) < 4.78 is 1.50. The van der Waals surface area contributed by atoms with Crippen LogP contribution in [-0.2, 0) is 6.54 Å². The maximum absolute atomic E-state index is 12.0. The molecule has 0 aliphatic rings. The largest absolute Gasteiger partial charge is 0.382 e. The van der Waals surface area contributed by atoms with Crippen LogP contribution in [0.5, 0.6) is 0 Å². The van der Waals surface area contributed by atoms with E-state index in [-0.39, 0.29) is 11.5 Å². The van der Waals surface area contributed by atoms with Crippen LogP contribution in [0.3, 0.4) is 0 Å². The molecular formula is C12H12N6O. The molecule has 19 heavy (non-hydrogen) atoms. The van der Waals surface area contributed by atoms with Crippen molar-refractivity contribution in [2.75, 3.05) is 5.73 Å². The fourth-order valence-corrected chi connectivity index (χ4v) is 1.97. The highest BCUT2D eigenvalue weighted by atomic mass is 16.1. The maximum atomic E-state index is 12.0. The Labute approximate surface area is 108 Å². The Morgan fingerprint density at radius 2 is 2.21 bits per heavy atom. The van der Waals surface area contributed by atoms with E-state index in [0.717, 1.165) is 5.69 Å². The summed E-state index contributed by atoms with van der Waals surface area (Å²) in [5.74, 6) is 0.804. The molecule has 0 bridgehead atoms. The number of imidazole rings is 1. The molecule has 0 saturated heterocycles. The molecule has 0 atom stereocenters. The number of fused-ring (bicyclic) bond motifs is 1. The Morgan fingerprint density at radius 3 is 2.95 bits per heavy atom. The van der Waals surface area contributed by atoms with Crippen LogP contribution in [0.2, 0.25) is 0 Å². The van der Waals surface area contributed by atoms with E-state index in [1.807, 2.05) is 18.2 Å². The number of H-pyrrole nitrogens is 1. The Kier molecular flexibility index (Phi) is 2.52. The molecule has 3 aromatic heterocycles. The average Bonchev–Trinajstić information content (AvgIpc) is 2.69. The van der Waals surface area contributed by atoms with E-state index in [1.54, 1.807) is 13.1 Å². The number of nitrogen functional groups attached to an aromatic ring is 1. The van der Waals surface area contributed by atoms with Crippen LogP contribution in [0.1, 0.15) is 11.5 Å². The molecule has 96 valence electrons. The lowest BCUT2D eigenvalue weighted by molar-refractivity contribution is 0.755. The van der Waals surface area contributed by atoms with Crippen molar-refractivity contribution in [2.45, 2.75) is 13.5 Å². The van der Waals surface area contributed by atoms with Gasteiger partial charge in [-0.2, -0.15) is 0 Å². The van der Waals surface area contributed by atoms with Crippen LogP contribution >= 0.6 is 0 Å². The summed E-state index contributed by atoms with van der Waals surface area (Å²) in [6.45, 7) is 2.08. The van der Waals surface area contributed by atoms with Crippen molar-refractivity contribution in [1.82, 2.24) is 24.5 Å². The summed E-state index contributed by atoms with van der Waals surface area (Å²) in [6, 6.07) is 5.55. The summed E-state index contributed by atoms with van der Waals surface area (Å²) >= 11 is 0. The summed E-state index contributed by atoms with van der Waals surface area (Å²) in [7, 11) is 0. The highest BCUT2D eigenvalue weighted by Gasteiger charge is 2.12. The van der Waals surface area contributed by atoms with Crippen molar-refractivity contribution >= 4 is 17.0 Å². The average molecular weight is 256 g/mol. The number of anilines is 1. The van der Waals surface area contributed by atoms with Gasteiger partial charge in [0.25, 0.3) is 0 Å². The van der Waals surface area contributed by atoms with E-state index in [9.17, 15) is 4.79 Å². The van der Waals surface area contributed by atoms with Crippen molar-refractivity contribution in [3.05, 3.63) is 46.4 Å². The van der Waals surface area contributed by atoms with Crippen LogP contribution < -0.4 is 11.4 Å². The van der Waals surface area contributed by atoms with Gasteiger partial charge < -0.3 is 10.7 Å². The fourth-order valence-electron chi connectivity index (χ4n) is 1.97. The molecule has 0 amide bonds. The number of hydrogen-bond donors (Lipinski definition) is 2. The predicted molar refractivity (Wildman–Crippen MR) is 70.6 cm³/mol. The number of aromatic amines is 1. The monoisotopic (exact) mass is 256 g/mol. The molecule has 0 unspecified atom stereocenters. The Morgan fingerprint density at radius 1 is 1.37 bits per heavy atom. The number of nitrogens with zero attached hydrogens (tertiary/aromatic N) is 4. The molecule has 0 aliphatic heterocycles. The molecule has 3 aromatic rings. The molecule has 3 heterocycles. The number of nitrogens with one attached hydrogen (secondary N) is 1. The van der Waals surface area contributed by atoms with Crippen molar-refractivity contribution in [1.29, 1.82) is 0 Å². The first-order valence-corrected chi connectivity index (χ1v) is 5.77. The zero-order chi connectivity index (χ0) is 13.4. The standard InChI is InChI=1S/C12H12N6O/c1-7-15-10(13)9-11(16-7)18(12(19)17-9)6-8-4-2-3-5-14-8/h2-5H,6H2,1H3,(H,17,19)(H2,13,15,16). The normalized spacial score (nSPS) is 11.0. The minimum Gasteiger partial charge on any atom is -0.382 e. The number of pyridine rings is 1. The third kappa shape index (κ3) is 1.95. The molecule has 0 radical (unpaired) electrons. The molecule has 3 rings (SSSR count). The van der Waals surface area contributed by atoms with Crippen molar-refractivity contribution in [3.63, 3.8) is 0 Å². The van der Waals surface area contributed by atoms with Crippen molar-refractivity contribution < 1.29 is 0 Å². The zero-order valence-electron chi connectivity index (χ0n) is 10.3. The third-order valence-corrected chi connectivity index (χ3v) is 2.81. The quantitative estimate of drug-likeness (QED) is 0.693. The van der Waals surface area contributed by atoms with E-state index in [0.29, 0.717) is 23.5 Å². The molecule has 0 fully saturated rings. The summed E-state index contributed by atoms with van der Waals surface area (Å²) in [6.07, 6.45) is 1.68. The Bertz CT molecular complexity index is 789. The minimum absolute atomic E-state index is 0.271. The summed E-state index contributed by atoms with van der Waals surface area (Å²) in [4.78, 5) is 27.1. The Balaban J connectivity index is 2.18. The first-order chi connectivity index (χ1) is 9.15. The molecule has 7 nitrogen and oxygen atoms in total. The van der Waals surface area contributed by atoms with Gasteiger partial charge in [0.15, 0.2) is 11.5 Å². The lowest BCUT2D eigenvalue weighted by Gasteiger charge is -2.03. The molecule has 7 heteroatoms. The third-order valence-electron chi connectivity index (χ3n) is 2.81. The number of aryl methyl sites for hydroxylation is 1. The van der Waals surface area contributed by atoms with Crippen LogP contribution in [0.15, 0.2) is 29.2 Å². The SMILES string of the molecule is Cc1nc(N)c2[nH]c(=O)n(Cc3ccccn3)c2n1. The summed E-state index contributed by atoms with van der Waals surface area (Å²) in [5, 5.41) is 0. The zero-order valence-corrected chi connectivity index (χ0v) is 10.3. The van der Waals surface area contributed by atoms with Crippen LogP contribution in [0.25, 0.3) is 11.2 Å². The second-order valence-electron chi connectivity index (χ2n) is 4.19. The van der Waals surface area contributed by atoms with Gasteiger partial charge in [-0.3, -0.25) is 9.55 Å². The van der Waals surface area contributed by atoms with Gasteiger partial charge in [-0.1, -0.05) is 6.07 Å². The highest BCUT2D eigenvalue weighted by molar-refractivity contribution is 5.81. The topological polar surface area (TPSA) is 102 Å². The van der Waals surface area contributed by atoms with E-state index < -0.39 is 0 Å². The van der Waals surface area contributed by atoms with Gasteiger partial charge in [-0.15, -0.1) is 0 Å². The van der Waals surface area contributed by atoms with Gasteiger partial charge in [-0.25, -0.2) is 14.8 Å². The van der Waals surface area contributed by atoms with E-state index in [1.165, 1.54) is 4.57 Å². The van der Waals surface area contributed by atoms with Crippen molar-refractivity contribution in [2.24, 2.45) is 0 Å². The van der Waals surface area contributed by atoms with Gasteiger partial charge in [0.05, 0.1) is 12.2 Å². The molecule has 3 N–H and O–H groups in total. The van der Waals surface area contributed by atoms with Gasteiger partial charge in [0.2, 0.25) is 0 Å². The minimum atomic E-state index is -0.271. The molecule has 0 aromatic carbocycles. The van der Waals surface area contributed by atoms with Crippen LogP contribution in [0, 0.1) is 6.92 Å². The lowest BCUT2D eigenvalue weighted by atomic mass is 10.3. The number of nitrogens with two attached hydrogens (primary N) is 1. The first-order valence-electron chi connectivity index (χ1n) is 5.77. The smallest absolute Gasteiger partial charge is 0.328 e. The molecular weight excluding hydrogens is 244 g/mol. The second-order valence-corrected chi connectivity index (χ2v) is 4.19. The lowest BCUT2D eigenvalue weighted by Crippen LogP contribution is -2.18. The van der Waals surface area contributed by atoms with E-state index in [4.69, 9.17) is 5.73 Å². The van der Waals surface area contributed by atoms with Gasteiger partial charge in [0.1, 0.15) is 11.3 Å². The molecule has 0 aliphatic carbocycles. The maximum Gasteiger partial charge on any atom is 0.328 e. The second kappa shape index (κ2) is 4.20. The number of rotatable bonds is 2. The molecule has 0 saturated carbocycles. The van der Waals surface area contributed by atoms with Crippen LogP contribution in [0.4, 0.5) is 5.82 Å². The Hall–Kier alpha value is -2.70. The van der Waals surface area contributed by atoms with Crippen molar-refractivity contribution in [3.8, 4) is 0 Å². The van der Waals surface area contributed by atoms with E-state index >= 15 is 0 Å². The predicted octanol–water partition coefficient (Wildman–Crippen LogP) is 0.454.